The summed E-state index contributed by atoms with van der Waals surface area (Å²) in [7, 11) is 0. The molecule has 2 amide bonds. The molecule has 0 spiro atoms. The average Bonchev–Trinajstić information content (AvgIpc) is 2.87. The predicted octanol–water partition coefficient (Wildman–Crippen LogP) is 2.83. The van der Waals surface area contributed by atoms with Gasteiger partial charge in [-0.3, -0.25) is 9.59 Å². The van der Waals surface area contributed by atoms with Crippen molar-refractivity contribution in [2.75, 3.05) is 5.32 Å². The third-order valence-corrected chi connectivity index (χ3v) is 4.52. The lowest BCUT2D eigenvalue weighted by Gasteiger charge is -2.30. The average molecular weight is 297 g/mol. The maximum absolute atomic E-state index is 12.6. The molecular weight excluding hydrogens is 278 g/mol. The molecule has 5 heteroatoms. The molecule has 0 unspecified atom stereocenters. The van der Waals surface area contributed by atoms with Gasteiger partial charge in [-0.25, -0.2) is 0 Å². The Morgan fingerprint density at radius 2 is 2.09 bits per heavy atom. The highest BCUT2D eigenvalue weighted by Crippen LogP contribution is 2.34. The Labute approximate surface area is 129 Å². The highest BCUT2D eigenvalue weighted by Gasteiger charge is 2.34. The van der Waals surface area contributed by atoms with Crippen LogP contribution in [0.25, 0.3) is 0 Å². The SMILES string of the molecule is N#CCC(=O)Nc1cccc2c1CN(C1CCCCC1)C2=O. The molecular formula is C17H19N3O2. The number of anilines is 1. The zero-order valence-electron chi connectivity index (χ0n) is 12.5. The summed E-state index contributed by atoms with van der Waals surface area (Å²) >= 11 is 0. The summed E-state index contributed by atoms with van der Waals surface area (Å²) < 4.78 is 0. The maximum Gasteiger partial charge on any atom is 0.254 e. The molecule has 0 aromatic heterocycles. The van der Waals surface area contributed by atoms with E-state index in [2.05, 4.69) is 5.32 Å². The van der Waals surface area contributed by atoms with Crippen molar-refractivity contribution < 1.29 is 9.59 Å². The molecule has 1 heterocycles. The van der Waals surface area contributed by atoms with Crippen LogP contribution in [0.2, 0.25) is 0 Å². The molecule has 0 atom stereocenters. The van der Waals surface area contributed by atoms with Crippen molar-refractivity contribution in [3.8, 4) is 6.07 Å². The van der Waals surface area contributed by atoms with Gasteiger partial charge in [0, 0.05) is 29.4 Å². The second-order valence-corrected chi connectivity index (χ2v) is 5.94. The van der Waals surface area contributed by atoms with Crippen LogP contribution in [-0.2, 0) is 11.3 Å². The van der Waals surface area contributed by atoms with Crippen LogP contribution in [0.5, 0.6) is 0 Å². The van der Waals surface area contributed by atoms with Crippen molar-refractivity contribution in [3.05, 3.63) is 29.3 Å². The van der Waals surface area contributed by atoms with Crippen LogP contribution in [0.15, 0.2) is 18.2 Å². The normalized spacial score (nSPS) is 18.0. The van der Waals surface area contributed by atoms with E-state index in [1.807, 2.05) is 17.0 Å². The van der Waals surface area contributed by atoms with E-state index in [9.17, 15) is 9.59 Å². The summed E-state index contributed by atoms with van der Waals surface area (Å²) in [5, 5.41) is 11.3. The number of hydrogen-bond acceptors (Lipinski definition) is 3. The minimum absolute atomic E-state index is 0.0679. The zero-order valence-corrected chi connectivity index (χ0v) is 12.5. The summed E-state index contributed by atoms with van der Waals surface area (Å²) in [6, 6.07) is 7.55. The number of carbonyl (C=O) groups excluding carboxylic acids is 2. The fourth-order valence-corrected chi connectivity index (χ4v) is 3.43. The first kappa shape index (κ1) is 14.6. The number of nitrogens with zero attached hydrogens (tertiary/aromatic N) is 2. The Hall–Kier alpha value is -2.35. The second-order valence-electron chi connectivity index (χ2n) is 5.94. The summed E-state index contributed by atoms with van der Waals surface area (Å²) in [5.74, 6) is -0.266. The number of amides is 2. The second kappa shape index (κ2) is 6.18. The minimum Gasteiger partial charge on any atom is -0.331 e. The van der Waals surface area contributed by atoms with Gasteiger partial charge in [0.15, 0.2) is 0 Å². The highest BCUT2D eigenvalue weighted by atomic mass is 16.2. The van der Waals surface area contributed by atoms with Crippen LogP contribution in [0.3, 0.4) is 0 Å². The molecule has 1 fully saturated rings. The monoisotopic (exact) mass is 297 g/mol. The van der Waals surface area contributed by atoms with E-state index in [0.29, 0.717) is 23.8 Å². The molecule has 0 radical (unpaired) electrons. The largest absolute Gasteiger partial charge is 0.331 e. The summed E-state index contributed by atoms with van der Waals surface area (Å²) in [4.78, 5) is 26.2. The Kier molecular flexibility index (Phi) is 4.10. The van der Waals surface area contributed by atoms with Gasteiger partial charge in [0.1, 0.15) is 6.42 Å². The van der Waals surface area contributed by atoms with Crippen molar-refractivity contribution in [3.63, 3.8) is 0 Å². The lowest BCUT2D eigenvalue weighted by atomic mass is 9.94. The Bertz CT molecular complexity index is 642. The van der Waals surface area contributed by atoms with Gasteiger partial charge in [0.05, 0.1) is 6.07 Å². The molecule has 3 rings (SSSR count). The van der Waals surface area contributed by atoms with Crippen molar-refractivity contribution in [1.82, 2.24) is 4.90 Å². The number of carbonyl (C=O) groups is 2. The number of rotatable bonds is 3. The van der Waals surface area contributed by atoms with Crippen LogP contribution in [0, 0.1) is 11.3 Å². The van der Waals surface area contributed by atoms with Gasteiger partial charge in [0.25, 0.3) is 5.91 Å². The molecule has 1 N–H and O–H groups in total. The van der Waals surface area contributed by atoms with Crippen LogP contribution in [0.4, 0.5) is 5.69 Å². The standard InChI is InChI=1S/C17H19N3O2/c18-10-9-16(21)19-15-8-4-7-13-14(15)11-20(17(13)22)12-5-2-1-3-6-12/h4,7-8,12H,1-3,5-6,9,11H2,(H,19,21). The van der Waals surface area contributed by atoms with Gasteiger partial charge in [0.2, 0.25) is 5.91 Å². The summed E-state index contributed by atoms with van der Waals surface area (Å²) in [6.07, 6.45) is 5.56. The third-order valence-electron chi connectivity index (χ3n) is 4.52. The van der Waals surface area contributed by atoms with Crippen LogP contribution >= 0.6 is 0 Å². The van der Waals surface area contributed by atoms with Gasteiger partial charge in [-0.05, 0) is 25.0 Å². The summed E-state index contributed by atoms with van der Waals surface area (Å²) in [5.41, 5.74) is 2.22. The molecule has 22 heavy (non-hydrogen) atoms. The molecule has 0 bridgehead atoms. The fourth-order valence-electron chi connectivity index (χ4n) is 3.43. The van der Waals surface area contributed by atoms with Crippen molar-refractivity contribution >= 4 is 17.5 Å². The summed E-state index contributed by atoms with van der Waals surface area (Å²) in [6.45, 7) is 0.557. The van der Waals surface area contributed by atoms with Gasteiger partial charge in [-0.2, -0.15) is 5.26 Å². The van der Waals surface area contributed by atoms with Gasteiger partial charge >= 0.3 is 0 Å². The predicted molar refractivity (Wildman–Crippen MR) is 82.0 cm³/mol. The number of fused-ring (bicyclic) bond motifs is 1. The maximum atomic E-state index is 12.6. The lowest BCUT2D eigenvalue weighted by Crippen LogP contribution is -2.36. The van der Waals surface area contributed by atoms with E-state index in [-0.39, 0.29) is 18.2 Å². The minimum atomic E-state index is -0.334. The van der Waals surface area contributed by atoms with Crippen LogP contribution in [0.1, 0.15) is 54.4 Å². The van der Waals surface area contributed by atoms with Crippen molar-refractivity contribution in [2.24, 2.45) is 0 Å². The Morgan fingerprint density at radius 3 is 2.82 bits per heavy atom. The number of hydrogen-bond donors (Lipinski definition) is 1. The molecule has 1 saturated carbocycles. The van der Waals surface area contributed by atoms with Gasteiger partial charge in [-0.15, -0.1) is 0 Å². The Morgan fingerprint density at radius 1 is 1.32 bits per heavy atom. The number of benzene rings is 1. The van der Waals surface area contributed by atoms with Gasteiger partial charge < -0.3 is 10.2 Å². The quantitative estimate of drug-likeness (QED) is 0.932. The first-order valence-electron chi connectivity index (χ1n) is 7.80. The molecule has 1 aliphatic carbocycles. The molecule has 1 aromatic carbocycles. The highest BCUT2D eigenvalue weighted by molar-refractivity contribution is 6.02. The van der Waals surface area contributed by atoms with Crippen molar-refractivity contribution in [2.45, 2.75) is 51.1 Å². The Balaban J connectivity index is 1.82. The third kappa shape index (κ3) is 2.69. The van der Waals surface area contributed by atoms with E-state index in [0.717, 1.165) is 18.4 Å². The van der Waals surface area contributed by atoms with Crippen LogP contribution in [-0.4, -0.2) is 22.8 Å². The van der Waals surface area contributed by atoms with E-state index < -0.39 is 0 Å². The van der Waals surface area contributed by atoms with Gasteiger partial charge in [-0.1, -0.05) is 25.3 Å². The molecule has 5 nitrogen and oxygen atoms in total. The first-order chi connectivity index (χ1) is 10.7. The first-order valence-corrected chi connectivity index (χ1v) is 7.80. The van der Waals surface area contributed by atoms with E-state index >= 15 is 0 Å². The topological polar surface area (TPSA) is 73.2 Å². The molecule has 0 saturated heterocycles. The van der Waals surface area contributed by atoms with Crippen molar-refractivity contribution in [1.29, 1.82) is 5.26 Å². The number of nitriles is 1. The molecule has 114 valence electrons. The number of nitrogens with one attached hydrogen (secondary N) is 1. The van der Waals surface area contributed by atoms with E-state index in [4.69, 9.17) is 5.26 Å². The smallest absolute Gasteiger partial charge is 0.254 e. The van der Waals surface area contributed by atoms with Crippen LogP contribution < -0.4 is 5.32 Å². The lowest BCUT2D eigenvalue weighted by molar-refractivity contribution is -0.115. The molecule has 2 aliphatic rings. The van der Waals surface area contributed by atoms with E-state index in [1.165, 1.54) is 19.3 Å². The molecule has 1 aliphatic heterocycles. The zero-order chi connectivity index (χ0) is 15.5. The molecule has 1 aromatic rings. The fraction of sp³-hybridized carbons (Fsp3) is 0.471. The van der Waals surface area contributed by atoms with E-state index in [1.54, 1.807) is 12.1 Å².